The first-order chi connectivity index (χ1) is 23.5. The maximum Gasteiger partial charge on any atom is 0.0224 e. The summed E-state index contributed by atoms with van der Waals surface area (Å²) in [5.41, 5.74) is 2.59. The summed E-state index contributed by atoms with van der Waals surface area (Å²) in [5, 5.41) is 0. The molecule has 0 aromatic heterocycles. The van der Waals surface area contributed by atoms with Gasteiger partial charge in [0.1, 0.15) is 0 Å². The monoisotopic (exact) mass is 688 g/mol. The first-order valence-electron chi connectivity index (χ1n) is 22.2. The van der Waals surface area contributed by atoms with E-state index >= 15 is 0 Å². The van der Waals surface area contributed by atoms with E-state index in [1.807, 2.05) is 0 Å². The third-order valence-electron chi connectivity index (χ3n) is 12.7. The molecule has 1 heterocycles. The van der Waals surface area contributed by atoms with E-state index in [2.05, 4.69) is 38.8 Å². The molecule has 0 aromatic rings. The lowest BCUT2D eigenvalue weighted by Gasteiger charge is -2.44. The van der Waals surface area contributed by atoms with Gasteiger partial charge in [-0.05, 0) is 81.0 Å². The first kappa shape index (κ1) is 43.7. The Morgan fingerprint density at radius 3 is 1.48 bits per heavy atom. The normalized spacial score (nSPS) is 22.2. The molecule has 0 amide bonds. The number of nitrogens with zero attached hydrogens (tertiary/aromatic N) is 1. The predicted molar refractivity (Wildman–Crippen MR) is 218 cm³/mol. The molecule has 2 heteroatoms. The van der Waals surface area contributed by atoms with Crippen molar-refractivity contribution >= 4 is 11.6 Å². The zero-order chi connectivity index (χ0) is 34.7. The van der Waals surface area contributed by atoms with Gasteiger partial charge in [0.05, 0.1) is 0 Å². The molecule has 1 aliphatic heterocycles. The SMILES string of the molecule is C=C1CCC(=C)N1CCCCCCCCC1C(CCCCCCCC(C)CCCC)CCC(CCCCCC)C1CCCCCCCCl. The van der Waals surface area contributed by atoms with Gasteiger partial charge in [0.2, 0.25) is 0 Å². The van der Waals surface area contributed by atoms with Crippen molar-refractivity contribution in [3.8, 4) is 0 Å². The molecular weight excluding hydrogens is 602 g/mol. The van der Waals surface area contributed by atoms with Crippen LogP contribution in [0.2, 0.25) is 0 Å². The van der Waals surface area contributed by atoms with Gasteiger partial charge < -0.3 is 4.90 Å². The molecule has 5 atom stereocenters. The Labute approximate surface area is 308 Å². The van der Waals surface area contributed by atoms with Gasteiger partial charge in [-0.25, -0.2) is 0 Å². The molecule has 0 aromatic carbocycles. The fourth-order valence-corrected chi connectivity index (χ4v) is 9.78. The molecular formula is C46H86ClN. The van der Waals surface area contributed by atoms with Crippen molar-refractivity contribution in [1.29, 1.82) is 0 Å². The molecule has 2 rings (SSSR count). The maximum atomic E-state index is 5.99. The Hall–Kier alpha value is -0.430. The molecule has 48 heavy (non-hydrogen) atoms. The summed E-state index contributed by atoms with van der Waals surface area (Å²) in [4.78, 5) is 2.40. The minimum atomic E-state index is 0.842. The summed E-state index contributed by atoms with van der Waals surface area (Å²) in [6, 6.07) is 0. The number of alkyl halides is 1. The highest BCUT2D eigenvalue weighted by Crippen LogP contribution is 2.48. The first-order valence-corrected chi connectivity index (χ1v) is 22.7. The molecule has 1 saturated heterocycles. The zero-order valence-corrected chi connectivity index (χ0v) is 33.9. The number of hydrogen-bond donors (Lipinski definition) is 0. The highest BCUT2D eigenvalue weighted by atomic mass is 35.5. The Morgan fingerprint density at radius 2 is 0.958 bits per heavy atom. The van der Waals surface area contributed by atoms with Crippen LogP contribution in [0.1, 0.15) is 226 Å². The molecule has 5 unspecified atom stereocenters. The molecule has 282 valence electrons. The molecule has 2 aliphatic rings. The van der Waals surface area contributed by atoms with Gasteiger partial charge in [0.25, 0.3) is 0 Å². The average Bonchev–Trinajstić information content (AvgIpc) is 3.41. The summed E-state index contributed by atoms with van der Waals surface area (Å²) in [5.74, 6) is 5.81. The number of unbranched alkanes of at least 4 members (excludes halogenated alkanes) is 17. The number of likely N-dealkylation sites (tertiary alicyclic amines) is 1. The molecule has 1 aliphatic carbocycles. The highest BCUT2D eigenvalue weighted by molar-refractivity contribution is 6.17. The fraction of sp³-hybridized carbons (Fsp3) is 0.913. The summed E-state index contributed by atoms with van der Waals surface area (Å²) in [6.07, 6.45) is 45.5. The Morgan fingerprint density at radius 1 is 0.542 bits per heavy atom. The summed E-state index contributed by atoms with van der Waals surface area (Å²) >= 11 is 5.99. The van der Waals surface area contributed by atoms with Crippen molar-refractivity contribution < 1.29 is 0 Å². The molecule has 0 N–H and O–H groups in total. The quantitative estimate of drug-likeness (QED) is 0.0502. The topological polar surface area (TPSA) is 3.24 Å². The minimum Gasteiger partial charge on any atom is -0.350 e. The predicted octanol–water partition coefficient (Wildman–Crippen LogP) is 16.2. The molecule has 0 bridgehead atoms. The van der Waals surface area contributed by atoms with Crippen molar-refractivity contribution in [2.45, 2.75) is 226 Å². The fourth-order valence-electron chi connectivity index (χ4n) is 9.59. The van der Waals surface area contributed by atoms with E-state index in [4.69, 9.17) is 11.6 Å². The lowest BCUT2D eigenvalue weighted by Crippen LogP contribution is -2.35. The van der Waals surface area contributed by atoms with Crippen LogP contribution in [0.25, 0.3) is 0 Å². The highest BCUT2D eigenvalue weighted by Gasteiger charge is 2.37. The summed E-state index contributed by atoms with van der Waals surface area (Å²) < 4.78 is 0. The Bertz CT molecular complexity index is 758. The second kappa shape index (κ2) is 29.2. The van der Waals surface area contributed by atoms with Gasteiger partial charge in [0.15, 0.2) is 0 Å². The van der Waals surface area contributed by atoms with E-state index in [1.165, 1.54) is 204 Å². The van der Waals surface area contributed by atoms with Gasteiger partial charge in [-0.2, -0.15) is 0 Å². The number of hydrogen-bond acceptors (Lipinski definition) is 1. The van der Waals surface area contributed by atoms with Crippen molar-refractivity contribution in [3.63, 3.8) is 0 Å². The molecule has 2 fully saturated rings. The van der Waals surface area contributed by atoms with Crippen molar-refractivity contribution in [1.82, 2.24) is 4.90 Å². The Balaban J connectivity index is 1.86. The Kier molecular flexibility index (Phi) is 26.6. The van der Waals surface area contributed by atoms with E-state index in [0.717, 1.165) is 54.9 Å². The molecule has 1 saturated carbocycles. The van der Waals surface area contributed by atoms with Crippen LogP contribution in [-0.2, 0) is 0 Å². The lowest BCUT2D eigenvalue weighted by atomic mass is 9.61. The van der Waals surface area contributed by atoms with Crippen LogP contribution in [0.15, 0.2) is 24.6 Å². The van der Waals surface area contributed by atoms with Gasteiger partial charge in [0, 0.05) is 23.8 Å². The van der Waals surface area contributed by atoms with Gasteiger partial charge >= 0.3 is 0 Å². The summed E-state index contributed by atoms with van der Waals surface area (Å²) in [6.45, 7) is 16.8. The van der Waals surface area contributed by atoms with Crippen LogP contribution in [0.4, 0.5) is 0 Å². The van der Waals surface area contributed by atoms with Gasteiger partial charge in [-0.1, -0.05) is 188 Å². The van der Waals surface area contributed by atoms with Gasteiger partial charge in [-0.15, -0.1) is 11.6 Å². The van der Waals surface area contributed by atoms with Crippen molar-refractivity contribution in [3.05, 3.63) is 24.6 Å². The smallest absolute Gasteiger partial charge is 0.0224 e. The van der Waals surface area contributed by atoms with Crippen molar-refractivity contribution in [2.75, 3.05) is 12.4 Å². The van der Waals surface area contributed by atoms with Crippen LogP contribution in [0, 0.1) is 29.6 Å². The average molecular weight is 689 g/mol. The lowest BCUT2D eigenvalue weighted by molar-refractivity contribution is 0.0581. The van der Waals surface area contributed by atoms with Crippen LogP contribution in [0.5, 0.6) is 0 Å². The number of rotatable bonds is 32. The number of allylic oxidation sites excluding steroid dienone is 2. The van der Waals surface area contributed by atoms with Crippen LogP contribution >= 0.6 is 11.6 Å². The molecule has 0 spiro atoms. The van der Waals surface area contributed by atoms with E-state index in [-0.39, 0.29) is 0 Å². The second-order valence-corrected chi connectivity index (χ2v) is 17.2. The second-order valence-electron chi connectivity index (χ2n) is 16.8. The number of halogens is 1. The van der Waals surface area contributed by atoms with Crippen LogP contribution in [0.3, 0.4) is 0 Å². The zero-order valence-electron chi connectivity index (χ0n) is 33.2. The largest absolute Gasteiger partial charge is 0.350 e. The van der Waals surface area contributed by atoms with E-state index in [9.17, 15) is 0 Å². The minimum absolute atomic E-state index is 0.842. The van der Waals surface area contributed by atoms with Gasteiger partial charge in [-0.3, -0.25) is 0 Å². The van der Waals surface area contributed by atoms with Crippen molar-refractivity contribution in [2.24, 2.45) is 29.6 Å². The molecule has 0 radical (unpaired) electrons. The third-order valence-corrected chi connectivity index (χ3v) is 13.0. The third kappa shape index (κ3) is 19.3. The maximum absolute atomic E-state index is 5.99. The van der Waals surface area contributed by atoms with E-state index < -0.39 is 0 Å². The standard InChI is InChI=1S/C46H86ClN/c1-6-8-10-22-30-43-36-37-44(31-23-16-13-15-21-29-40(3)28-9-7-2)46(45(43)33-25-18-14-19-26-38-47)32-24-17-11-12-20-27-39-48-41(4)34-35-42(48)5/h40,43-46H,4-39H2,1-3H3. The van der Waals surface area contributed by atoms with E-state index in [1.54, 1.807) is 0 Å². The summed E-state index contributed by atoms with van der Waals surface area (Å²) in [7, 11) is 0. The van der Waals surface area contributed by atoms with Crippen LogP contribution < -0.4 is 0 Å². The van der Waals surface area contributed by atoms with Crippen LogP contribution in [-0.4, -0.2) is 17.3 Å². The van der Waals surface area contributed by atoms with E-state index in [0.29, 0.717) is 0 Å². The molecule has 1 nitrogen and oxygen atoms in total.